The Morgan fingerprint density at radius 3 is 3.00 bits per heavy atom. The quantitative estimate of drug-likeness (QED) is 0.581. The average Bonchev–Trinajstić information content (AvgIpc) is 2.99. The van der Waals surface area contributed by atoms with Crippen LogP contribution in [0.3, 0.4) is 0 Å². The number of hydrazine groups is 1. The maximum absolute atomic E-state index is 5.38. The molecule has 1 saturated carbocycles. The lowest BCUT2D eigenvalue weighted by Crippen LogP contribution is -2.30. The van der Waals surface area contributed by atoms with Crippen molar-refractivity contribution in [2.45, 2.75) is 32.4 Å². The zero-order chi connectivity index (χ0) is 10.8. The zero-order valence-electron chi connectivity index (χ0n) is 9.10. The highest BCUT2D eigenvalue weighted by Crippen LogP contribution is 2.35. The van der Waals surface area contributed by atoms with Gasteiger partial charge in [-0.2, -0.15) is 0 Å². The molecular weight excluding hydrogens is 210 g/mol. The molecule has 0 aromatic carbocycles. The second-order valence-corrected chi connectivity index (χ2v) is 4.94. The molecule has 0 saturated heterocycles. The molecule has 2 rings (SSSR count). The first-order valence-corrected chi connectivity index (χ1v) is 5.97. The van der Waals surface area contributed by atoms with Crippen molar-refractivity contribution in [3.05, 3.63) is 5.69 Å². The summed E-state index contributed by atoms with van der Waals surface area (Å²) in [6.07, 6.45) is 2.73. The van der Waals surface area contributed by atoms with Crippen LogP contribution in [0.25, 0.3) is 0 Å². The lowest BCUT2D eigenvalue weighted by Gasteiger charge is -2.23. The van der Waals surface area contributed by atoms with Gasteiger partial charge >= 0.3 is 0 Å². The summed E-state index contributed by atoms with van der Waals surface area (Å²) < 4.78 is 3.89. The predicted molar refractivity (Wildman–Crippen MR) is 61.4 cm³/mol. The zero-order valence-corrected chi connectivity index (χ0v) is 9.92. The maximum atomic E-state index is 5.38. The summed E-state index contributed by atoms with van der Waals surface area (Å²) in [4.78, 5) is 2.31. The van der Waals surface area contributed by atoms with Gasteiger partial charge in [0.2, 0.25) is 0 Å². The van der Waals surface area contributed by atoms with Gasteiger partial charge in [0.1, 0.15) is 10.7 Å². The molecule has 1 aliphatic carbocycles. The highest BCUT2D eigenvalue weighted by Gasteiger charge is 2.30. The SMILES string of the molecule is CC(C1CC1)N(C)Cc1nnsc1NN. The van der Waals surface area contributed by atoms with Gasteiger partial charge in [0.05, 0.1) is 0 Å². The van der Waals surface area contributed by atoms with Crippen molar-refractivity contribution in [3.63, 3.8) is 0 Å². The second-order valence-electron chi connectivity index (χ2n) is 4.19. The van der Waals surface area contributed by atoms with Crippen LogP contribution in [0.15, 0.2) is 0 Å². The normalized spacial score (nSPS) is 18.1. The van der Waals surface area contributed by atoms with Gasteiger partial charge in [-0.25, -0.2) is 5.84 Å². The van der Waals surface area contributed by atoms with E-state index in [9.17, 15) is 0 Å². The minimum absolute atomic E-state index is 0.623. The van der Waals surface area contributed by atoms with Crippen LogP contribution in [0.2, 0.25) is 0 Å². The Bertz CT molecular complexity index is 322. The van der Waals surface area contributed by atoms with E-state index in [1.54, 1.807) is 0 Å². The van der Waals surface area contributed by atoms with Crippen LogP contribution in [0.4, 0.5) is 5.00 Å². The monoisotopic (exact) mass is 227 g/mol. The first-order chi connectivity index (χ1) is 7.22. The third-order valence-corrected chi connectivity index (χ3v) is 3.78. The molecule has 0 bridgehead atoms. The van der Waals surface area contributed by atoms with E-state index >= 15 is 0 Å². The van der Waals surface area contributed by atoms with Gasteiger partial charge < -0.3 is 5.43 Å². The van der Waals surface area contributed by atoms with E-state index in [1.807, 2.05) is 0 Å². The predicted octanol–water partition coefficient (Wildman–Crippen LogP) is 1.05. The molecule has 0 spiro atoms. The topological polar surface area (TPSA) is 67.1 Å². The Labute approximate surface area is 93.8 Å². The first-order valence-electron chi connectivity index (χ1n) is 5.20. The molecule has 3 N–H and O–H groups in total. The van der Waals surface area contributed by atoms with E-state index in [0.717, 1.165) is 23.2 Å². The Balaban J connectivity index is 1.95. The number of rotatable bonds is 5. The number of nitrogen functional groups attached to an aromatic ring is 1. The van der Waals surface area contributed by atoms with Crippen molar-refractivity contribution in [2.24, 2.45) is 11.8 Å². The van der Waals surface area contributed by atoms with Crippen molar-refractivity contribution in [1.29, 1.82) is 0 Å². The molecule has 1 atom stereocenters. The van der Waals surface area contributed by atoms with Gasteiger partial charge in [0.15, 0.2) is 0 Å². The summed E-state index contributed by atoms with van der Waals surface area (Å²) in [6.45, 7) is 3.08. The average molecular weight is 227 g/mol. The second kappa shape index (κ2) is 4.42. The van der Waals surface area contributed by atoms with Crippen LogP contribution in [-0.4, -0.2) is 27.6 Å². The Hall–Kier alpha value is -0.720. The van der Waals surface area contributed by atoms with Crippen molar-refractivity contribution in [3.8, 4) is 0 Å². The number of aromatic nitrogens is 2. The Kier molecular flexibility index (Phi) is 3.18. The highest BCUT2D eigenvalue weighted by atomic mass is 32.1. The van der Waals surface area contributed by atoms with Crippen LogP contribution in [0.5, 0.6) is 0 Å². The molecule has 1 fully saturated rings. The van der Waals surface area contributed by atoms with Gasteiger partial charge in [-0.05, 0) is 32.7 Å². The lowest BCUT2D eigenvalue weighted by molar-refractivity contribution is 0.224. The Morgan fingerprint density at radius 2 is 2.40 bits per heavy atom. The summed E-state index contributed by atoms with van der Waals surface area (Å²) in [5, 5.41) is 4.94. The molecule has 0 radical (unpaired) electrons. The molecule has 1 aliphatic rings. The van der Waals surface area contributed by atoms with E-state index in [2.05, 4.69) is 33.9 Å². The first kappa shape index (κ1) is 10.8. The van der Waals surface area contributed by atoms with Crippen LogP contribution in [0, 0.1) is 5.92 Å². The summed E-state index contributed by atoms with van der Waals surface area (Å²) in [6, 6.07) is 0.623. The number of hydrogen-bond acceptors (Lipinski definition) is 6. The smallest absolute Gasteiger partial charge is 0.148 e. The summed E-state index contributed by atoms with van der Waals surface area (Å²) in [5.74, 6) is 6.25. The molecule has 1 heterocycles. The summed E-state index contributed by atoms with van der Waals surface area (Å²) in [5.41, 5.74) is 3.57. The minimum atomic E-state index is 0.623. The van der Waals surface area contributed by atoms with Crippen molar-refractivity contribution in [2.75, 3.05) is 12.5 Å². The molecule has 1 aromatic rings. The van der Waals surface area contributed by atoms with E-state index in [4.69, 9.17) is 5.84 Å². The molecule has 84 valence electrons. The number of anilines is 1. The molecule has 15 heavy (non-hydrogen) atoms. The van der Waals surface area contributed by atoms with Crippen LogP contribution in [-0.2, 0) is 6.54 Å². The summed E-state index contributed by atoms with van der Waals surface area (Å²) >= 11 is 1.30. The third-order valence-electron chi connectivity index (χ3n) is 3.09. The van der Waals surface area contributed by atoms with E-state index in [0.29, 0.717) is 6.04 Å². The fraction of sp³-hybridized carbons (Fsp3) is 0.778. The van der Waals surface area contributed by atoms with E-state index < -0.39 is 0 Å². The number of nitrogens with two attached hydrogens (primary N) is 1. The highest BCUT2D eigenvalue weighted by molar-refractivity contribution is 7.10. The summed E-state index contributed by atoms with van der Waals surface area (Å²) in [7, 11) is 2.13. The van der Waals surface area contributed by atoms with E-state index in [1.165, 1.54) is 24.4 Å². The molecule has 0 amide bonds. The van der Waals surface area contributed by atoms with E-state index in [-0.39, 0.29) is 0 Å². The van der Waals surface area contributed by atoms with Crippen LogP contribution >= 0.6 is 11.5 Å². The van der Waals surface area contributed by atoms with Crippen LogP contribution < -0.4 is 11.3 Å². The van der Waals surface area contributed by atoms with Crippen LogP contribution in [0.1, 0.15) is 25.5 Å². The number of nitrogens with one attached hydrogen (secondary N) is 1. The van der Waals surface area contributed by atoms with Gasteiger partial charge in [-0.1, -0.05) is 4.49 Å². The number of hydrogen-bond donors (Lipinski definition) is 2. The van der Waals surface area contributed by atoms with Crippen molar-refractivity contribution in [1.82, 2.24) is 14.5 Å². The van der Waals surface area contributed by atoms with Crippen molar-refractivity contribution >= 4 is 16.5 Å². The fourth-order valence-corrected chi connectivity index (χ4v) is 2.22. The molecule has 6 heteroatoms. The largest absolute Gasteiger partial charge is 0.313 e. The fourth-order valence-electron chi connectivity index (χ4n) is 1.74. The van der Waals surface area contributed by atoms with Gasteiger partial charge in [-0.15, -0.1) is 5.10 Å². The Morgan fingerprint density at radius 1 is 1.67 bits per heavy atom. The molecule has 1 unspecified atom stereocenters. The molecule has 1 aromatic heterocycles. The number of nitrogens with zero attached hydrogens (tertiary/aromatic N) is 3. The van der Waals surface area contributed by atoms with Gasteiger partial charge in [-0.3, -0.25) is 4.90 Å². The minimum Gasteiger partial charge on any atom is -0.313 e. The van der Waals surface area contributed by atoms with Gasteiger partial charge in [0.25, 0.3) is 0 Å². The lowest BCUT2D eigenvalue weighted by atomic mass is 10.2. The maximum Gasteiger partial charge on any atom is 0.148 e. The third kappa shape index (κ3) is 2.45. The molecule has 0 aliphatic heterocycles. The van der Waals surface area contributed by atoms with Gasteiger partial charge in [0, 0.05) is 24.1 Å². The molecular formula is C9H17N5S. The standard InChI is InChI=1S/C9H17N5S/c1-6(7-3-4-7)14(2)5-8-9(11-10)15-13-12-8/h6-7,11H,3-5,10H2,1-2H3. The van der Waals surface area contributed by atoms with Crippen molar-refractivity contribution < 1.29 is 0 Å². The molecule has 5 nitrogen and oxygen atoms in total.